The van der Waals surface area contributed by atoms with E-state index in [-0.39, 0.29) is 36.4 Å². The lowest BCUT2D eigenvalue weighted by Gasteiger charge is -2.35. The van der Waals surface area contributed by atoms with E-state index in [2.05, 4.69) is 32.2 Å². The van der Waals surface area contributed by atoms with Crippen LogP contribution in [0.4, 0.5) is 30.8 Å². The summed E-state index contributed by atoms with van der Waals surface area (Å²) in [6, 6.07) is 3.35. The van der Waals surface area contributed by atoms with Gasteiger partial charge in [-0.3, -0.25) is 4.79 Å². The smallest absolute Gasteiger partial charge is 0.266 e. The van der Waals surface area contributed by atoms with Crippen molar-refractivity contribution in [3.63, 3.8) is 0 Å². The van der Waals surface area contributed by atoms with E-state index >= 15 is 0 Å². The number of carbonyl (C=O) groups excluding carboxylic acids is 1. The number of anilines is 3. The Balaban J connectivity index is 1.57. The van der Waals surface area contributed by atoms with Crippen LogP contribution >= 0.6 is 0 Å². The van der Waals surface area contributed by atoms with Gasteiger partial charge in [0.25, 0.3) is 6.43 Å². The number of imidazole rings is 1. The van der Waals surface area contributed by atoms with Gasteiger partial charge in [-0.15, -0.1) is 0 Å². The second-order valence-electron chi connectivity index (χ2n) is 8.04. The summed E-state index contributed by atoms with van der Waals surface area (Å²) in [5, 5.41) is 5.80. The van der Waals surface area contributed by atoms with Crippen LogP contribution in [-0.2, 0) is 11.8 Å². The van der Waals surface area contributed by atoms with Crippen molar-refractivity contribution in [1.82, 2.24) is 19.5 Å². The highest BCUT2D eigenvalue weighted by atomic mass is 19.3. The molecule has 0 saturated carbocycles. The summed E-state index contributed by atoms with van der Waals surface area (Å²) < 4.78 is 41.9. The molecular weight excluding hydrogens is 435 g/mol. The highest BCUT2D eigenvalue weighted by Crippen LogP contribution is 2.29. The van der Waals surface area contributed by atoms with Crippen LogP contribution in [0, 0.1) is 6.92 Å². The minimum atomic E-state index is -2.65. The molecule has 3 aromatic rings. The van der Waals surface area contributed by atoms with Crippen molar-refractivity contribution >= 4 is 34.5 Å². The van der Waals surface area contributed by atoms with E-state index in [0.717, 1.165) is 23.5 Å². The minimum Gasteiger partial charge on any atom is -0.350 e. The molecular formula is C22H24F3N7O. The summed E-state index contributed by atoms with van der Waals surface area (Å²) in [5.74, 6) is 0.434. The summed E-state index contributed by atoms with van der Waals surface area (Å²) in [6.07, 6.45) is -0.224. The number of benzene rings is 1. The molecule has 174 valence electrons. The van der Waals surface area contributed by atoms with Crippen LogP contribution in [0.25, 0.3) is 11.0 Å². The van der Waals surface area contributed by atoms with Gasteiger partial charge in [-0.1, -0.05) is 6.58 Å². The van der Waals surface area contributed by atoms with Crippen molar-refractivity contribution in [2.75, 3.05) is 28.6 Å². The Labute approximate surface area is 188 Å². The number of nitrogens with zero attached hydrogens (tertiary/aromatic N) is 5. The highest BCUT2D eigenvalue weighted by Gasteiger charge is 2.30. The zero-order valence-corrected chi connectivity index (χ0v) is 18.2. The van der Waals surface area contributed by atoms with Crippen LogP contribution in [-0.4, -0.2) is 50.7 Å². The molecule has 2 N–H and O–H groups in total. The average Bonchev–Trinajstić information content (AvgIpc) is 3.09. The minimum absolute atomic E-state index is 0.166. The Bertz CT molecular complexity index is 1180. The Morgan fingerprint density at radius 2 is 2.00 bits per heavy atom. The first-order chi connectivity index (χ1) is 15.7. The van der Waals surface area contributed by atoms with Gasteiger partial charge in [0.05, 0.1) is 23.1 Å². The molecule has 11 heteroatoms. The summed E-state index contributed by atoms with van der Waals surface area (Å²) in [7, 11) is 1.85. The first kappa shape index (κ1) is 22.6. The average molecular weight is 459 g/mol. The molecule has 1 aliphatic rings. The van der Waals surface area contributed by atoms with Crippen LogP contribution in [0.3, 0.4) is 0 Å². The number of fused-ring (bicyclic) bond motifs is 1. The SMILES string of the molecule is C=CC(=O)Nc1cc2nc(N3CC(F)C[C@@H](Nc4ncc(C(F)F)cn4)C3)n(C)c2cc1C. The van der Waals surface area contributed by atoms with Gasteiger partial charge in [0.1, 0.15) is 6.17 Å². The molecule has 1 saturated heterocycles. The highest BCUT2D eigenvalue weighted by molar-refractivity contribution is 6.00. The van der Waals surface area contributed by atoms with Gasteiger partial charge in [0.2, 0.25) is 17.8 Å². The first-order valence-electron chi connectivity index (χ1n) is 10.4. The third-order valence-corrected chi connectivity index (χ3v) is 5.59. The fourth-order valence-corrected chi connectivity index (χ4v) is 3.94. The fraction of sp³-hybridized carbons (Fsp3) is 0.364. The molecule has 0 radical (unpaired) electrons. The van der Waals surface area contributed by atoms with Gasteiger partial charge in [0, 0.05) is 44.1 Å². The molecule has 4 rings (SSSR count). The normalized spacial score (nSPS) is 18.5. The van der Waals surface area contributed by atoms with E-state index in [4.69, 9.17) is 0 Å². The van der Waals surface area contributed by atoms with E-state index in [0.29, 0.717) is 23.7 Å². The summed E-state index contributed by atoms with van der Waals surface area (Å²) in [4.78, 5) is 26.0. The van der Waals surface area contributed by atoms with Crippen molar-refractivity contribution < 1.29 is 18.0 Å². The standard InChI is InChI=1S/C22H24F3N7O/c1-4-19(33)29-16-7-17-18(5-12(16)2)31(3)22(30-17)32-10-14(23)6-15(11-32)28-21-26-8-13(9-27-21)20(24)25/h4-5,7-9,14-15,20H,1,6,10-11H2,2-3H3,(H,29,33)(H,26,27,28)/t14?,15-/m1/s1. The Hall–Kier alpha value is -3.63. The lowest BCUT2D eigenvalue weighted by molar-refractivity contribution is -0.111. The van der Waals surface area contributed by atoms with E-state index in [1.807, 2.05) is 29.5 Å². The number of hydrogen-bond donors (Lipinski definition) is 2. The number of halogens is 3. The molecule has 1 fully saturated rings. The van der Waals surface area contributed by atoms with Crippen LogP contribution < -0.4 is 15.5 Å². The third-order valence-electron chi connectivity index (χ3n) is 5.59. The Morgan fingerprint density at radius 1 is 1.27 bits per heavy atom. The van der Waals surface area contributed by atoms with Crippen molar-refractivity contribution in [2.45, 2.75) is 32.0 Å². The topological polar surface area (TPSA) is 88.0 Å². The Kier molecular flexibility index (Phi) is 6.21. The maximum atomic E-state index is 14.6. The molecule has 0 spiro atoms. The molecule has 1 unspecified atom stereocenters. The monoisotopic (exact) mass is 459 g/mol. The van der Waals surface area contributed by atoms with E-state index in [9.17, 15) is 18.0 Å². The number of piperidine rings is 1. The van der Waals surface area contributed by atoms with Crippen molar-refractivity contribution in [3.8, 4) is 0 Å². The largest absolute Gasteiger partial charge is 0.350 e. The zero-order valence-electron chi connectivity index (χ0n) is 18.2. The fourth-order valence-electron chi connectivity index (χ4n) is 3.94. The third kappa shape index (κ3) is 4.76. The quantitative estimate of drug-likeness (QED) is 0.546. The van der Waals surface area contributed by atoms with Gasteiger partial charge in [0.15, 0.2) is 0 Å². The maximum absolute atomic E-state index is 14.6. The number of rotatable bonds is 6. The van der Waals surface area contributed by atoms with Gasteiger partial charge in [-0.05, 0) is 30.7 Å². The number of hydrogen-bond acceptors (Lipinski definition) is 6. The van der Waals surface area contributed by atoms with Crippen LogP contribution in [0.2, 0.25) is 0 Å². The van der Waals surface area contributed by atoms with Crippen LogP contribution in [0.1, 0.15) is 24.0 Å². The van der Waals surface area contributed by atoms with Crippen molar-refractivity contribution in [1.29, 1.82) is 0 Å². The van der Waals surface area contributed by atoms with E-state index < -0.39 is 12.6 Å². The molecule has 3 heterocycles. The summed E-state index contributed by atoms with van der Waals surface area (Å²) in [5.41, 5.74) is 2.72. The molecule has 33 heavy (non-hydrogen) atoms. The number of aryl methyl sites for hydroxylation is 2. The number of alkyl halides is 3. The predicted molar refractivity (Wildman–Crippen MR) is 120 cm³/mol. The van der Waals surface area contributed by atoms with Crippen molar-refractivity contribution in [2.24, 2.45) is 7.05 Å². The zero-order chi connectivity index (χ0) is 23.7. The molecule has 2 atom stereocenters. The maximum Gasteiger partial charge on any atom is 0.266 e. The van der Waals surface area contributed by atoms with Crippen molar-refractivity contribution in [3.05, 3.63) is 48.3 Å². The number of carbonyl (C=O) groups is 1. The number of amides is 1. The molecule has 2 aromatic heterocycles. The van der Waals surface area contributed by atoms with Crippen LogP contribution in [0.5, 0.6) is 0 Å². The summed E-state index contributed by atoms with van der Waals surface area (Å²) in [6.45, 7) is 5.93. The summed E-state index contributed by atoms with van der Waals surface area (Å²) >= 11 is 0. The van der Waals surface area contributed by atoms with Gasteiger partial charge < -0.3 is 20.1 Å². The van der Waals surface area contributed by atoms with Gasteiger partial charge in [-0.25, -0.2) is 28.1 Å². The number of nitrogens with one attached hydrogen (secondary N) is 2. The molecule has 0 bridgehead atoms. The molecule has 1 aromatic carbocycles. The van der Waals surface area contributed by atoms with Gasteiger partial charge >= 0.3 is 0 Å². The predicted octanol–water partition coefficient (Wildman–Crippen LogP) is 3.76. The van der Waals surface area contributed by atoms with E-state index in [1.54, 1.807) is 6.07 Å². The van der Waals surface area contributed by atoms with Gasteiger partial charge in [-0.2, -0.15) is 0 Å². The molecule has 1 aliphatic heterocycles. The lowest BCUT2D eigenvalue weighted by atomic mass is 10.0. The second kappa shape index (κ2) is 9.08. The second-order valence-corrected chi connectivity index (χ2v) is 8.04. The Morgan fingerprint density at radius 3 is 2.67 bits per heavy atom. The first-order valence-corrected chi connectivity index (χ1v) is 10.4. The van der Waals surface area contributed by atoms with Crippen LogP contribution in [0.15, 0.2) is 37.2 Å². The molecule has 8 nitrogen and oxygen atoms in total. The molecule has 1 amide bonds. The number of aromatic nitrogens is 4. The molecule has 0 aliphatic carbocycles. The van der Waals surface area contributed by atoms with E-state index in [1.165, 1.54) is 6.08 Å². The lowest BCUT2D eigenvalue weighted by Crippen LogP contribution is -2.48.